The molecule has 0 spiro atoms. The number of allylic oxidation sites excluding steroid dienone is 1. The maximum Gasteiger partial charge on any atom is 0.0987 e. The van der Waals surface area contributed by atoms with Crippen molar-refractivity contribution in [2.24, 2.45) is 0 Å². The quantitative estimate of drug-likeness (QED) is 0.508. The highest BCUT2D eigenvalue weighted by Crippen LogP contribution is 1.97. The predicted molar refractivity (Wildman–Crippen MR) is 35.7 cm³/mol. The number of aliphatic hydroxyl groups excluding tert-OH is 2. The summed E-state index contributed by atoms with van der Waals surface area (Å²) in [4.78, 5) is 0. The van der Waals surface area contributed by atoms with E-state index in [-0.39, 0.29) is 6.61 Å². The van der Waals surface area contributed by atoms with E-state index in [1.807, 2.05) is 0 Å². The van der Waals surface area contributed by atoms with Gasteiger partial charge in [-0.15, -0.1) is 6.42 Å². The molecule has 0 bridgehead atoms. The molecule has 0 amide bonds. The minimum Gasteiger partial charge on any atom is -0.393 e. The fraction of sp³-hybridized carbons (Fsp3) is 0.429. The first-order valence-electron chi connectivity index (χ1n) is 2.64. The maximum absolute atomic E-state index is 8.84. The SMILES string of the molecule is C#C/C=C(\C)[C@H](O)CO. The fourth-order valence-corrected chi connectivity index (χ4v) is 0.372. The van der Waals surface area contributed by atoms with Crippen LogP contribution in [-0.2, 0) is 0 Å². The Hall–Kier alpha value is -0.780. The van der Waals surface area contributed by atoms with Crippen molar-refractivity contribution in [2.45, 2.75) is 13.0 Å². The van der Waals surface area contributed by atoms with Gasteiger partial charge in [-0.1, -0.05) is 5.92 Å². The van der Waals surface area contributed by atoms with Gasteiger partial charge >= 0.3 is 0 Å². The van der Waals surface area contributed by atoms with E-state index in [4.69, 9.17) is 16.6 Å². The fourth-order valence-electron chi connectivity index (χ4n) is 0.372. The van der Waals surface area contributed by atoms with Crippen LogP contribution in [0.15, 0.2) is 11.6 Å². The molecule has 0 aromatic rings. The van der Waals surface area contributed by atoms with E-state index in [9.17, 15) is 0 Å². The van der Waals surface area contributed by atoms with Crippen molar-refractivity contribution < 1.29 is 10.2 Å². The Labute approximate surface area is 54.8 Å². The molecule has 0 aliphatic heterocycles. The summed E-state index contributed by atoms with van der Waals surface area (Å²) in [5.74, 6) is 2.25. The van der Waals surface area contributed by atoms with Gasteiger partial charge in [0.25, 0.3) is 0 Å². The van der Waals surface area contributed by atoms with Crippen LogP contribution in [0.3, 0.4) is 0 Å². The van der Waals surface area contributed by atoms with Gasteiger partial charge < -0.3 is 10.2 Å². The zero-order chi connectivity index (χ0) is 7.28. The number of aliphatic hydroxyl groups is 2. The predicted octanol–water partition coefficient (Wildman–Crippen LogP) is -0.0809. The number of rotatable bonds is 2. The minimum atomic E-state index is -0.805. The molecule has 2 nitrogen and oxygen atoms in total. The molecule has 50 valence electrons. The summed E-state index contributed by atoms with van der Waals surface area (Å²) in [7, 11) is 0. The van der Waals surface area contributed by atoms with E-state index in [1.165, 1.54) is 6.08 Å². The van der Waals surface area contributed by atoms with Gasteiger partial charge in [0.15, 0.2) is 0 Å². The summed E-state index contributed by atoms with van der Waals surface area (Å²) in [6.45, 7) is 1.39. The Morgan fingerprint density at radius 2 is 2.44 bits per heavy atom. The van der Waals surface area contributed by atoms with Crippen LogP contribution in [0.1, 0.15) is 6.92 Å². The van der Waals surface area contributed by atoms with Crippen LogP contribution < -0.4 is 0 Å². The van der Waals surface area contributed by atoms with Crippen LogP contribution in [-0.4, -0.2) is 22.9 Å². The van der Waals surface area contributed by atoms with Gasteiger partial charge in [-0.25, -0.2) is 0 Å². The standard InChI is InChI=1S/C7H10O2/c1-3-4-6(2)7(9)5-8/h1,4,7-9H,5H2,2H3/b6-4+/t7-/m1/s1. The van der Waals surface area contributed by atoms with Crippen LogP contribution in [0.5, 0.6) is 0 Å². The van der Waals surface area contributed by atoms with Gasteiger partial charge in [0.2, 0.25) is 0 Å². The van der Waals surface area contributed by atoms with Crippen molar-refractivity contribution in [3.05, 3.63) is 11.6 Å². The van der Waals surface area contributed by atoms with E-state index in [1.54, 1.807) is 6.92 Å². The second-order valence-corrected chi connectivity index (χ2v) is 1.75. The third kappa shape index (κ3) is 2.91. The van der Waals surface area contributed by atoms with Gasteiger partial charge in [-0.05, 0) is 18.6 Å². The smallest absolute Gasteiger partial charge is 0.0987 e. The molecule has 0 aliphatic carbocycles. The monoisotopic (exact) mass is 126 g/mol. The molecular formula is C7H10O2. The van der Waals surface area contributed by atoms with Crippen molar-refractivity contribution in [1.29, 1.82) is 0 Å². The molecular weight excluding hydrogens is 116 g/mol. The van der Waals surface area contributed by atoms with Crippen molar-refractivity contribution in [3.63, 3.8) is 0 Å². The molecule has 2 N–H and O–H groups in total. The number of hydrogen-bond acceptors (Lipinski definition) is 2. The lowest BCUT2D eigenvalue weighted by atomic mass is 10.2. The Morgan fingerprint density at radius 3 is 2.78 bits per heavy atom. The van der Waals surface area contributed by atoms with E-state index < -0.39 is 6.10 Å². The van der Waals surface area contributed by atoms with E-state index in [0.717, 1.165) is 0 Å². The second kappa shape index (κ2) is 4.13. The molecule has 0 unspecified atom stereocenters. The van der Waals surface area contributed by atoms with Crippen LogP contribution >= 0.6 is 0 Å². The summed E-state index contributed by atoms with van der Waals surface area (Å²) in [5.41, 5.74) is 0.611. The third-order valence-electron chi connectivity index (χ3n) is 1.01. The van der Waals surface area contributed by atoms with Gasteiger partial charge in [0.05, 0.1) is 12.7 Å². The summed E-state index contributed by atoms with van der Waals surface area (Å²) >= 11 is 0. The zero-order valence-corrected chi connectivity index (χ0v) is 5.33. The van der Waals surface area contributed by atoms with Crippen LogP contribution in [0.2, 0.25) is 0 Å². The lowest BCUT2D eigenvalue weighted by Crippen LogP contribution is -2.12. The largest absolute Gasteiger partial charge is 0.393 e. The average molecular weight is 126 g/mol. The normalized spacial score (nSPS) is 14.7. The maximum atomic E-state index is 8.84. The van der Waals surface area contributed by atoms with E-state index >= 15 is 0 Å². The summed E-state index contributed by atoms with van der Waals surface area (Å²) in [5, 5.41) is 17.2. The van der Waals surface area contributed by atoms with Gasteiger partial charge in [-0.2, -0.15) is 0 Å². The molecule has 0 fully saturated rings. The first-order valence-corrected chi connectivity index (χ1v) is 2.64. The average Bonchev–Trinajstić information content (AvgIpc) is 1.87. The molecule has 0 aliphatic rings. The molecule has 0 saturated heterocycles. The Morgan fingerprint density at radius 1 is 1.89 bits per heavy atom. The molecule has 0 rings (SSSR count). The molecule has 2 heteroatoms. The molecule has 0 aromatic carbocycles. The lowest BCUT2D eigenvalue weighted by Gasteiger charge is -2.04. The molecule has 0 saturated carbocycles. The summed E-state index contributed by atoms with van der Waals surface area (Å²) in [6.07, 6.45) is 5.53. The zero-order valence-electron chi connectivity index (χ0n) is 5.33. The molecule has 9 heavy (non-hydrogen) atoms. The Bertz CT molecular complexity index is 141. The first kappa shape index (κ1) is 8.22. The lowest BCUT2D eigenvalue weighted by molar-refractivity contribution is 0.122. The minimum absolute atomic E-state index is 0.274. The van der Waals surface area contributed by atoms with Crippen LogP contribution in [0.25, 0.3) is 0 Å². The van der Waals surface area contributed by atoms with Crippen molar-refractivity contribution >= 4 is 0 Å². The first-order chi connectivity index (χ1) is 4.22. The Balaban J connectivity index is 3.89. The van der Waals surface area contributed by atoms with Crippen LogP contribution in [0.4, 0.5) is 0 Å². The van der Waals surface area contributed by atoms with Gasteiger partial charge in [0.1, 0.15) is 0 Å². The number of terminal acetylenes is 1. The highest BCUT2D eigenvalue weighted by molar-refractivity contribution is 5.18. The highest BCUT2D eigenvalue weighted by Gasteiger charge is 2.01. The van der Waals surface area contributed by atoms with Crippen molar-refractivity contribution in [1.82, 2.24) is 0 Å². The topological polar surface area (TPSA) is 40.5 Å². The molecule has 0 heterocycles. The van der Waals surface area contributed by atoms with Gasteiger partial charge in [0, 0.05) is 0 Å². The summed E-state index contributed by atoms with van der Waals surface area (Å²) < 4.78 is 0. The van der Waals surface area contributed by atoms with Crippen LogP contribution in [0, 0.1) is 12.3 Å². The molecule has 1 atom stereocenters. The van der Waals surface area contributed by atoms with Crippen molar-refractivity contribution in [3.8, 4) is 12.3 Å². The number of hydrogen-bond donors (Lipinski definition) is 2. The van der Waals surface area contributed by atoms with Crippen molar-refractivity contribution in [2.75, 3.05) is 6.61 Å². The van der Waals surface area contributed by atoms with E-state index in [2.05, 4.69) is 5.92 Å². The highest BCUT2D eigenvalue weighted by atomic mass is 16.3. The summed E-state index contributed by atoms with van der Waals surface area (Å²) in [6, 6.07) is 0. The van der Waals surface area contributed by atoms with E-state index in [0.29, 0.717) is 5.57 Å². The Kier molecular flexibility index (Phi) is 3.78. The third-order valence-corrected chi connectivity index (χ3v) is 1.01. The molecule has 0 radical (unpaired) electrons. The second-order valence-electron chi connectivity index (χ2n) is 1.75. The molecule has 0 aromatic heterocycles. The van der Waals surface area contributed by atoms with Gasteiger partial charge in [-0.3, -0.25) is 0 Å².